The Kier molecular flexibility index (Phi) is 3.48. The summed E-state index contributed by atoms with van der Waals surface area (Å²) >= 11 is 0. The summed E-state index contributed by atoms with van der Waals surface area (Å²) in [4.78, 5) is 0. The molecular formula is C10H18N2O. The predicted molar refractivity (Wildman–Crippen MR) is 52.8 cm³/mol. The quantitative estimate of drug-likeness (QED) is 0.769. The molecule has 0 bridgehead atoms. The van der Waals surface area contributed by atoms with Crippen LogP contribution in [0.5, 0.6) is 0 Å². The van der Waals surface area contributed by atoms with E-state index in [-0.39, 0.29) is 6.61 Å². The van der Waals surface area contributed by atoms with E-state index in [1.807, 2.05) is 11.6 Å². The van der Waals surface area contributed by atoms with Crippen LogP contribution in [0.3, 0.4) is 0 Å². The summed E-state index contributed by atoms with van der Waals surface area (Å²) in [5, 5.41) is 13.0. The van der Waals surface area contributed by atoms with Gasteiger partial charge in [-0.15, -0.1) is 0 Å². The Morgan fingerprint density at radius 3 is 2.69 bits per heavy atom. The molecule has 74 valence electrons. The van der Waals surface area contributed by atoms with E-state index in [0.717, 1.165) is 18.7 Å². The zero-order valence-electron chi connectivity index (χ0n) is 8.62. The van der Waals surface area contributed by atoms with Gasteiger partial charge in [-0.2, -0.15) is 5.10 Å². The van der Waals surface area contributed by atoms with Gasteiger partial charge in [0, 0.05) is 19.3 Å². The summed E-state index contributed by atoms with van der Waals surface area (Å²) in [5.74, 6) is 0.530. The molecule has 1 aromatic rings. The summed E-state index contributed by atoms with van der Waals surface area (Å²) in [5.41, 5.74) is 2.41. The molecule has 0 fully saturated rings. The summed E-state index contributed by atoms with van der Waals surface area (Å²) in [6.07, 6.45) is 2.86. The molecule has 0 unspecified atom stereocenters. The summed E-state index contributed by atoms with van der Waals surface area (Å²) in [7, 11) is 0. The van der Waals surface area contributed by atoms with E-state index >= 15 is 0 Å². The first kappa shape index (κ1) is 10.3. The molecule has 13 heavy (non-hydrogen) atoms. The Morgan fingerprint density at radius 1 is 1.54 bits per heavy atom. The van der Waals surface area contributed by atoms with Crippen molar-refractivity contribution < 1.29 is 5.11 Å². The second-order valence-electron chi connectivity index (χ2n) is 3.66. The van der Waals surface area contributed by atoms with Crippen LogP contribution in [-0.2, 0) is 6.54 Å². The third-order valence-corrected chi connectivity index (χ3v) is 2.15. The first-order valence-electron chi connectivity index (χ1n) is 4.80. The summed E-state index contributed by atoms with van der Waals surface area (Å²) < 4.78 is 1.92. The van der Waals surface area contributed by atoms with Crippen molar-refractivity contribution in [1.29, 1.82) is 0 Å². The fourth-order valence-corrected chi connectivity index (χ4v) is 1.45. The average molecular weight is 182 g/mol. The van der Waals surface area contributed by atoms with Gasteiger partial charge in [-0.3, -0.25) is 4.68 Å². The Bertz CT molecular complexity index is 266. The van der Waals surface area contributed by atoms with Crippen LogP contribution in [0.2, 0.25) is 0 Å². The minimum Gasteiger partial charge on any atom is -0.396 e. The van der Waals surface area contributed by atoms with E-state index in [1.165, 1.54) is 5.56 Å². The van der Waals surface area contributed by atoms with Crippen molar-refractivity contribution in [2.24, 2.45) is 0 Å². The molecule has 0 spiro atoms. The van der Waals surface area contributed by atoms with Gasteiger partial charge in [0.15, 0.2) is 0 Å². The number of nitrogens with zero attached hydrogens (tertiary/aromatic N) is 2. The molecule has 1 N–H and O–H groups in total. The van der Waals surface area contributed by atoms with Crippen molar-refractivity contribution in [2.45, 2.75) is 39.7 Å². The summed E-state index contributed by atoms with van der Waals surface area (Å²) in [6, 6.07) is 0. The van der Waals surface area contributed by atoms with Gasteiger partial charge in [-0.25, -0.2) is 0 Å². The van der Waals surface area contributed by atoms with E-state index in [2.05, 4.69) is 25.1 Å². The maximum atomic E-state index is 8.67. The molecule has 0 radical (unpaired) electrons. The molecule has 0 aliphatic heterocycles. The van der Waals surface area contributed by atoms with Crippen molar-refractivity contribution in [3.63, 3.8) is 0 Å². The van der Waals surface area contributed by atoms with Gasteiger partial charge in [-0.1, -0.05) is 13.8 Å². The number of aryl methyl sites for hydroxylation is 2. The van der Waals surface area contributed by atoms with Crippen LogP contribution in [0.15, 0.2) is 6.20 Å². The van der Waals surface area contributed by atoms with Crippen molar-refractivity contribution in [3.8, 4) is 0 Å². The highest BCUT2D eigenvalue weighted by Crippen LogP contribution is 2.17. The van der Waals surface area contributed by atoms with Gasteiger partial charge < -0.3 is 5.11 Å². The minimum atomic E-state index is 0.232. The Morgan fingerprint density at radius 2 is 2.23 bits per heavy atom. The van der Waals surface area contributed by atoms with Crippen molar-refractivity contribution >= 4 is 0 Å². The molecule has 0 saturated carbocycles. The number of rotatable bonds is 4. The Balaban J connectivity index is 2.71. The van der Waals surface area contributed by atoms with E-state index < -0.39 is 0 Å². The molecule has 0 saturated heterocycles. The summed E-state index contributed by atoms with van der Waals surface area (Å²) in [6.45, 7) is 7.41. The SMILES string of the molecule is Cc1nn(CCCO)cc1C(C)C. The van der Waals surface area contributed by atoms with E-state index in [9.17, 15) is 0 Å². The molecule has 0 aliphatic carbocycles. The maximum Gasteiger partial charge on any atom is 0.0628 e. The maximum absolute atomic E-state index is 8.67. The molecule has 1 heterocycles. The molecule has 1 aromatic heterocycles. The lowest BCUT2D eigenvalue weighted by atomic mass is 10.1. The first-order chi connectivity index (χ1) is 6.15. The van der Waals surface area contributed by atoms with E-state index in [1.54, 1.807) is 0 Å². The fraction of sp³-hybridized carbons (Fsp3) is 0.700. The smallest absolute Gasteiger partial charge is 0.0628 e. The van der Waals surface area contributed by atoms with Crippen LogP contribution in [-0.4, -0.2) is 21.5 Å². The van der Waals surface area contributed by atoms with E-state index in [0.29, 0.717) is 5.92 Å². The third-order valence-electron chi connectivity index (χ3n) is 2.15. The molecule has 0 aliphatic rings. The van der Waals surface area contributed by atoms with Gasteiger partial charge in [0.1, 0.15) is 0 Å². The number of aromatic nitrogens is 2. The normalized spacial score (nSPS) is 11.2. The number of aliphatic hydroxyl groups excluding tert-OH is 1. The fourth-order valence-electron chi connectivity index (χ4n) is 1.45. The van der Waals surface area contributed by atoms with Crippen molar-refractivity contribution in [2.75, 3.05) is 6.61 Å². The zero-order chi connectivity index (χ0) is 9.84. The third kappa shape index (κ3) is 2.56. The second-order valence-corrected chi connectivity index (χ2v) is 3.66. The molecule has 3 nitrogen and oxygen atoms in total. The molecule has 0 aromatic carbocycles. The molecule has 0 amide bonds. The number of hydrogen-bond donors (Lipinski definition) is 1. The van der Waals surface area contributed by atoms with Crippen molar-refractivity contribution in [1.82, 2.24) is 9.78 Å². The zero-order valence-corrected chi connectivity index (χ0v) is 8.62. The van der Waals surface area contributed by atoms with Gasteiger partial charge in [0.2, 0.25) is 0 Å². The van der Waals surface area contributed by atoms with Gasteiger partial charge in [0.05, 0.1) is 5.69 Å². The standard InChI is InChI=1S/C10H18N2O/c1-8(2)10-7-12(5-4-6-13)11-9(10)3/h7-8,13H,4-6H2,1-3H3. The minimum absolute atomic E-state index is 0.232. The molecular weight excluding hydrogens is 164 g/mol. The largest absolute Gasteiger partial charge is 0.396 e. The van der Waals surface area contributed by atoms with Crippen LogP contribution < -0.4 is 0 Å². The lowest BCUT2D eigenvalue weighted by Gasteiger charge is -2.00. The first-order valence-corrected chi connectivity index (χ1v) is 4.80. The highest BCUT2D eigenvalue weighted by molar-refractivity contribution is 5.18. The molecule has 3 heteroatoms. The predicted octanol–water partition coefficient (Wildman–Crippen LogP) is 1.70. The Hall–Kier alpha value is -0.830. The highest BCUT2D eigenvalue weighted by atomic mass is 16.3. The van der Waals surface area contributed by atoms with Gasteiger partial charge in [0.25, 0.3) is 0 Å². The van der Waals surface area contributed by atoms with Gasteiger partial charge >= 0.3 is 0 Å². The van der Waals surface area contributed by atoms with Crippen LogP contribution in [0.25, 0.3) is 0 Å². The second kappa shape index (κ2) is 4.42. The van der Waals surface area contributed by atoms with Crippen LogP contribution >= 0.6 is 0 Å². The van der Waals surface area contributed by atoms with Crippen LogP contribution in [0.1, 0.15) is 37.4 Å². The topological polar surface area (TPSA) is 38.0 Å². The van der Waals surface area contributed by atoms with E-state index in [4.69, 9.17) is 5.11 Å². The average Bonchev–Trinajstić information content (AvgIpc) is 2.43. The van der Waals surface area contributed by atoms with Crippen molar-refractivity contribution in [3.05, 3.63) is 17.5 Å². The monoisotopic (exact) mass is 182 g/mol. The highest BCUT2D eigenvalue weighted by Gasteiger charge is 2.07. The molecule has 0 atom stereocenters. The van der Waals surface area contributed by atoms with Crippen LogP contribution in [0, 0.1) is 6.92 Å². The lowest BCUT2D eigenvalue weighted by Crippen LogP contribution is -2.00. The number of hydrogen-bond acceptors (Lipinski definition) is 2. The molecule has 1 rings (SSSR count). The lowest BCUT2D eigenvalue weighted by molar-refractivity contribution is 0.277. The van der Waals surface area contributed by atoms with Gasteiger partial charge in [-0.05, 0) is 24.8 Å². The Labute approximate surface area is 79.4 Å². The number of aliphatic hydroxyl groups is 1. The van der Waals surface area contributed by atoms with Crippen LogP contribution in [0.4, 0.5) is 0 Å².